The van der Waals surface area contributed by atoms with E-state index in [0.717, 1.165) is 41.3 Å². The van der Waals surface area contributed by atoms with E-state index in [1.807, 2.05) is 54.6 Å². The number of aryl methyl sites for hydroxylation is 1. The highest BCUT2D eigenvalue weighted by atomic mass is 16.5. The van der Waals surface area contributed by atoms with Crippen molar-refractivity contribution in [2.45, 2.75) is 19.4 Å². The molecule has 152 valence electrons. The topological polar surface area (TPSA) is 73.2 Å². The summed E-state index contributed by atoms with van der Waals surface area (Å²) in [6.07, 6.45) is 1.95. The number of nitrogens with zero attached hydrogens (tertiary/aromatic N) is 1. The lowest BCUT2D eigenvalue weighted by atomic mass is 10.1. The molecular formula is C25H25N3O2. The molecule has 0 unspecified atom stereocenters. The molecule has 5 heteroatoms. The lowest BCUT2D eigenvalue weighted by molar-refractivity contribution is 0.301. The first-order valence-electron chi connectivity index (χ1n) is 10.1. The fourth-order valence-corrected chi connectivity index (χ4v) is 3.25. The number of nitrogens with two attached hydrogens (primary N) is 1. The van der Waals surface area contributed by atoms with Crippen LogP contribution < -0.4 is 15.2 Å². The third kappa shape index (κ3) is 5.20. The molecular weight excluding hydrogens is 374 g/mol. The third-order valence-corrected chi connectivity index (χ3v) is 4.76. The van der Waals surface area contributed by atoms with Crippen LogP contribution in [-0.4, -0.2) is 16.8 Å². The molecule has 0 amide bonds. The Balaban J connectivity index is 1.36. The molecule has 0 aliphatic heterocycles. The summed E-state index contributed by atoms with van der Waals surface area (Å²) < 4.78 is 11.9. The van der Waals surface area contributed by atoms with Gasteiger partial charge in [-0.05, 0) is 48.7 Å². The van der Waals surface area contributed by atoms with Gasteiger partial charge in [0.1, 0.15) is 18.1 Å². The van der Waals surface area contributed by atoms with Gasteiger partial charge in [-0.25, -0.2) is 0 Å². The van der Waals surface area contributed by atoms with Crippen molar-refractivity contribution in [2.24, 2.45) is 0 Å². The number of hydrogen-bond acceptors (Lipinski definition) is 4. The minimum absolute atomic E-state index is 0.385. The SMILES string of the molecule is Nc1cccc(OCc2cc(-c3ccccc3OCCCc3ccccc3)n[nH]2)c1. The molecule has 0 saturated heterocycles. The van der Waals surface area contributed by atoms with Gasteiger partial charge in [0.05, 0.1) is 18.0 Å². The van der Waals surface area contributed by atoms with E-state index in [1.54, 1.807) is 6.07 Å². The zero-order chi connectivity index (χ0) is 20.6. The van der Waals surface area contributed by atoms with Gasteiger partial charge in [-0.15, -0.1) is 0 Å². The van der Waals surface area contributed by atoms with Crippen LogP contribution in [0.15, 0.2) is 84.9 Å². The van der Waals surface area contributed by atoms with Crippen LogP contribution in [0.5, 0.6) is 11.5 Å². The molecule has 1 heterocycles. The van der Waals surface area contributed by atoms with E-state index >= 15 is 0 Å². The summed E-state index contributed by atoms with van der Waals surface area (Å²) in [6.45, 7) is 1.04. The summed E-state index contributed by atoms with van der Waals surface area (Å²) in [5, 5.41) is 7.49. The van der Waals surface area contributed by atoms with Crippen molar-refractivity contribution in [3.63, 3.8) is 0 Å². The minimum Gasteiger partial charge on any atom is -0.493 e. The van der Waals surface area contributed by atoms with Crippen molar-refractivity contribution in [2.75, 3.05) is 12.3 Å². The normalized spacial score (nSPS) is 10.7. The van der Waals surface area contributed by atoms with Crippen molar-refractivity contribution in [3.8, 4) is 22.8 Å². The zero-order valence-electron chi connectivity index (χ0n) is 16.8. The molecule has 3 N–H and O–H groups in total. The van der Waals surface area contributed by atoms with Crippen LogP contribution in [0.2, 0.25) is 0 Å². The molecule has 3 aromatic carbocycles. The van der Waals surface area contributed by atoms with Crippen LogP contribution in [0.25, 0.3) is 11.3 Å². The Morgan fingerprint density at radius 3 is 2.53 bits per heavy atom. The third-order valence-electron chi connectivity index (χ3n) is 4.76. The Kier molecular flexibility index (Phi) is 6.30. The van der Waals surface area contributed by atoms with Crippen LogP contribution in [-0.2, 0) is 13.0 Å². The Morgan fingerprint density at radius 1 is 0.833 bits per heavy atom. The maximum absolute atomic E-state index is 6.07. The van der Waals surface area contributed by atoms with Gasteiger partial charge in [-0.1, -0.05) is 48.5 Å². The zero-order valence-corrected chi connectivity index (χ0v) is 16.8. The van der Waals surface area contributed by atoms with Gasteiger partial charge in [-0.3, -0.25) is 5.10 Å². The molecule has 5 nitrogen and oxygen atoms in total. The predicted molar refractivity (Wildman–Crippen MR) is 119 cm³/mol. The van der Waals surface area contributed by atoms with Gasteiger partial charge in [0.25, 0.3) is 0 Å². The van der Waals surface area contributed by atoms with Crippen molar-refractivity contribution in [1.82, 2.24) is 10.2 Å². The smallest absolute Gasteiger partial charge is 0.130 e. The fourth-order valence-electron chi connectivity index (χ4n) is 3.25. The van der Waals surface area contributed by atoms with Crippen LogP contribution in [0.3, 0.4) is 0 Å². The number of anilines is 1. The van der Waals surface area contributed by atoms with Gasteiger partial charge >= 0.3 is 0 Å². The molecule has 0 atom stereocenters. The quantitative estimate of drug-likeness (QED) is 0.298. The highest BCUT2D eigenvalue weighted by Crippen LogP contribution is 2.29. The second kappa shape index (κ2) is 9.65. The first kappa shape index (κ1) is 19.6. The monoisotopic (exact) mass is 399 g/mol. The number of H-pyrrole nitrogens is 1. The van der Waals surface area contributed by atoms with Crippen molar-refractivity contribution < 1.29 is 9.47 Å². The van der Waals surface area contributed by atoms with Crippen LogP contribution in [0.1, 0.15) is 17.7 Å². The van der Waals surface area contributed by atoms with Gasteiger partial charge in [0, 0.05) is 17.3 Å². The number of benzene rings is 3. The molecule has 0 fully saturated rings. The molecule has 0 aliphatic rings. The summed E-state index contributed by atoms with van der Waals surface area (Å²) in [5.74, 6) is 1.56. The van der Waals surface area contributed by atoms with E-state index in [0.29, 0.717) is 18.9 Å². The van der Waals surface area contributed by atoms with Crippen molar-refractivity contribution in [3.05, 3.63) is 96.2 Å². The number of rotatable bonds is 9. The molecule has 0 aliphatic carbocycles. The Morgan fingerprint density at radius 2 is 1.67 bits per heavy atom. The number of nitrogen functional groups attached to an aromatic ring is 1. The van der Waals surface area contributed by atoms with Crippen molar-refractivity contribution >= 4 is 5.69 Å². The summed E-state index contributed by atoms with van der Waals surface area (Å²) in [7, 11) is 0. The largest absolute Gasteiger partial charge is 0.493 e. The van der Waals surface area contributed by atoms with E-state index in [1.165, 1.54) is 5.56 Å². The molecule has 30 heavy (non-hydrogen) atoms. The summed E-state index contributed by atoms with van der Waals surface area (Å²) in [5.41, 5.74) is 10.5. The standard InChI is InChI=1S/C25H25N3O2/c26-20-11-6-12-22(16-20)30-18-21-17-24(28-27-21)23-13-4-5-14-25(23)29-15-7-10-19-8-2-1-3-9-19/h1-6,8-9,11-14,16-17H,7,10,15,18,26H2,(H,27,28). The maximum atomic E-state index is 6.07. The lowest BCUT2D eigenvalue weighted by Gasteiger charge is -2.10. The molecule has 0 saturated carbocycles. The number of para-hydroxylation sites is 1. The number of hydrogen-bond donors (Lipinski definition) is 2. The number of ether oxygens (including phenoxy) is 2. The Labute approximate surface area is 176 Å². The van der Waals surface area contributed by atoms with Crippen LogP contribution in [0.4, 0.5) is 5.69 Å². The number of nitrogens with one attached hydrogen (secondary N) is 1. The van der Waals surface area contributed by atoms with Crippen LogP contribution >= 0.6 is 0 Å². The van der Waals surface area contributed by atoms with E-state index in [4.69, 9.17) is 15.2 Å². The van der Waals surface area contributed by atoms with Gasteiger partial charge < -0.3 is 15.2 Å². The molecule has 0 bridgehead atoms. The molecule has 0 radical (unpaired) electrons. The minimum atomic E-state index is 0.385. The van der Waals surface area contributed by atoms with Gasteiger partial charge in [0.15, 0.2) is 0 Å². The highest BCUT2D eigenvalue weighted by molar-refractivity contribution is 5.67. The van der Waals surface area contributed by atoms with Gasteiger partial charge in [0.2, 0.25) is 0 Å². The van der Waals surface area contributed by atoms with Crippen LogP contribution in [0, 0.1) is 0 Å². The first-order valence-corrected chi connectivity index (χ1v) is 10.1. The average molecular weight is 399 g/mol. The summed E-state index contributed by atoms with van der Waals surface area (Å²) in [6, 6.07) is 27.8. The Bertz CT molecular complexity index is 1080. The highest BCUT2D eigenvalue weighted by Gasteiger charge is 2.10. The molecule has 4 rings (SSSR count). The molecule has 4 aromatic rings. The molecule has 1 aromatic heterocycles. The maximum Gasteiger partial charge on any atom is 0.130 e. The van der Waals surface area contributed by atoms with Gasteiger partial charge in [-0.2, -0.15) is 5.10 Å². The molecule has 0 spiro atoms. The van der Waals surface area contributed by atoms with E-state index in [-0.39, 0.29) is 0 Å². The predicted octanol–water partition coefficient (Wildman–Crippen LogP) is 5.25. The number of aromatic nitrogens is 2. The van der Waals surface area contributed by atoms with E-state index < -0.39 is 0 Å². The van der Waals surface area contributed by atoms with Crippen molar-refractivity contribution in [1.29, 1.82) is 0 Å². The average Bonchev–Trinajstić information content (AvgIpc) is 3.25. The fraction of sp³-hybridized carbons (Fsp3) is 0.160. The second-order valence-corrected chi connectivity index (χ2v) is 7.07. The van der Waals surface area contributed by atoms with E-state index in [9.17, 15) is 0 Å². The summed E-state index contributed by atoms with van der Waals surface area (Å²) in [4.78, 5) is 0. The Hall–Kier alpha value is -3.73. The lowest BCUT2D eigenvalue weighted by Crippen LogP contribution is -2.00. The second-order valence-electron chi connectivity index (χ2n) is 7.07. The van der Waals surface area contributed by atoms with E-state index in [2.05, 4.69) is 34.5 Å². The summed E-state index contributed by atoms with van der Waals surface area (Å²) >= 11 is 0. The number of aromatic amines is 1. The first-order chi connectivity index (χ1) is 14.8.